The molecule has 0 spiro atoms. The summed E-state index contributed by atoms with van der Waals surface area (Å²) < 4.78 is 5.44. The second-order valence-electron chi connectivity index (χ2n) is 6.04. The van der Waals surface area contributed by atoms with Crippen molar-refractivity contribution in [2.24, 2.45) is 0 Å². The van der Waals surface area contributed by atoms with Crippen LogP contribution in [0.2, 0.25) is 5.02 Å². The zero-order valence-electron chi connectivity index (χ0n) is 15.9. The fourth-order valence-corrected chi connectivity index (χ4v) is 2.73. The molecule has 7 heteroatoms. The fraction of sp³-hybridized carbons (Fsp3) is 0.286. The molecule has 0 radical (unpaired) electrons. The molecule has 0 saturated heterocycles. The number of hydrogen-bond donors (Lipinski definition) is 2. The third-order valence-corrected chi connectivity index (χ3v) is 4.28. The van der Waals surface area contributed by atoms with Crippen LogP contribution in [0.5, 0.6) is 5.75 Å². The van der Waals surface area contributed by atoms with E-state index in [1.54, 1.807) is 19.1 Å². The first-order valence-corrected chi connectivity index (χ1v) is 9.42. The highest BCUT2D eigenvalue weighted by Crippen LogP contribution is 2.24. The summed E-state index contributed by atoms with van der Waals surface area (Å²) in [5.74, 6) is -0.647. The lowest BCUT2D eigenvalue weighted by atomic mass is 10.1. The van der Waals surface area contributed by atoms with Gasteiger partial charge in [-0.3, -0.25) is 14.4 Å². The van der Waals surface area contributed by atoms with Gasteiger partial charge in [0, 0.05) is 17.1 Å². The molecule has 0 aliphatic rings. The van der Waals surface area contributed by atoms with Crippen LogP contribution in [-0.4, -0.2) is 30.7 Å². The molecule has 0 heterocycles. The molecule has 0 aliphatic carbocycles. The van der Waals surface area contributed by atoms with E-state index in [0.717, 1.165) is 17.7 Å². The van der Waals surface area contributed by atoms with Gasteiger partial charge in [-0.2, -0.15) is 0 Å². The van der Waals surface area contributed by atoms with Gasteiger partial charge in [-0.25, -0.2) is 0 Å². The first-order valence-electron chi connectivity index (χ1n) is 9.04. The number of para-hydroxylation sites is 1. The monoisotopic (exact) mass is 402 g/mol. The maximum atomic E-state index is 12.1. The largest absolute Gasteiger partial charge is 0.483 e. The van der Waals surface area contributed by atoms with Crippen LogP contribution in [-0.2, 0) is 16.0 Å². The highest BCUT2D eigenvalue weighted by Gasteiger charge is 2.14. The predicted octanol–water partition coefficient (Wildman–Crippen LogP) is 3.63. The Morgan fingerprint density at radius 2 is 1.79 bits per heavy atom. The van der Waals surface area contributed by atoms with E-state index in [2.05, 4.69) is 10.6 Å². The second kappa shape index (κ2) is 10.5. The predicted molar refractivity (Wildman–Crippen MR) is 109 cm³/mol. The van der Waals surface area contributed by atoms with Crippen molar-refractivity contribution in [3.63, 3.8) is 0 Å². The third kappa shape index (κ3) is 6.09. The molecule has 2 N–H and O–H groups in total. The third-order valence-electron chi connectivity index (χ3n) is 4.04. The van der Waals surface area contributed by atoms with Gasteiger partial charge in [0.15, 0.2) is 12.4 Å². The summed E-state index contributed by atoms with van der Waals surface area (Å²) in [6.45, 7) is 3.24. The summed E-state index contributed by atoms with van der Waals surface area (Å²) in [5.41, 5.74) is 2.07. The number of nitrogens with one attached hydrogen (secondary N) is 2. The van der Waals surface area contributed by atoms with Crippen LogP contribution in [0.1, 0.15) is 36.2 Å². The minimum Gasteiger partial charge on any atom is -0.483 e. The number of aryl methyl sites for hydroxylation is 1. The minimum atomic E-state index is -0.469. The van der Waals surface area contributed by atoms with Crippen LogP contribution in [0.4, 0.5) is 5.69 Å². The molecule has 28 heavy (non-hydrogen) atoms. The molecule has 0 saturated carbocycles. The van der Waals surface area contributed by atoms with Crippen molar-refractivity contribution in [1.29, 1.82) is 0 Å². The summed E-state index contributed by atoms with van der Waals surface area (Å²) in [6, 6.07) is 12.1. The number of halogens is 1. The maximum absolute atomic E-state index is 12.1. The number of hydrogen-bond acceptors (Lipinski definition) is 4. The summed E-state index contributed by atoms with van der Waals surface area (Å²) in [5, 5.41) is 5.69. The summed E-state index contributed by atoms with van der Waals surface area (Å²) in [7, 11) is 0. The van der Waals surface area contributed by atoms with E-state index in [9.17, 15) is 14.4 Å². The number of ether oxygens (including phenoxy) is 1. The Hall–Kier alpha value is -2.86. The standard InChI is InChI=1S/C21H23ClN2O4/c1-3-14-7-5-6-8-17(14)24-20(26)12-23-21(27)13-28-19-10-9-15(22)11-16(19)18(25)4-2/h5-11H,3-4,12-13H2,1-2H3,(H,23,27)(H,24,26). The normalized spacial score (nSPS) is 10.2. The number of anilines is 1. The lowest BCUT2D eigenvalue weighted by molar-refractivity contribution is -0.125. The second-order valence-corrected chi connectivity index (χ2v) is 6.48. The molecule has 0 atom stereocenters. The van der Waals surface area contributed by atoms with E-state index in [-0.39, 0.29) is 30.6 Å². The van der Waals surface area contributed by atoms with Crippen LogP contribution in [0, 0.1) is 0 Å². The first-order chi connectivity index (χ1) is 13.4. The molecule has 6 nitrogen and oxygen atoms in total. The molecule has 0 fully saturated rings. The van der Waals surface area contributed by atoms with Crippen LogP contribution in [0.25, 0.3) is 0 Å². The van der Waals surface area contributed by atoms with E-state index in [0.29, 0.717) is 17.0 Å². The number of carbonyl (C=O) groups excluding carboxylic acids is 3. The molecule has 148 valence electrons. The van der Waals surface area contributed by atoms with E-state index in [4.69, 9.17) is 16.3 Å². The van der Waals surface area contributed by atoms with Gasteiger partial charge < -0.3 is 15.4 Å². The van der Waals surface area contributed by atoms with Gasteiger partial charge in [0.05, 0.1) is 12.1 Å². The lowest BCUT2D eigenvalue weighted by Gasteiger charge is -2.12. The Morgan fingerprint density at radius 3 is 2.50 bits per heavy atom. The molecule has 0 unspecified atom stereocenters. The van der Waals surface area contributed by atoms with Gasteiger partial charge in [-0.15, -0.1) is 0 Å². The van der Waals surface area contributed by atoms with Gasteiger partial charge in [0.1, 0.15) is 5.75 Å². The van der Waals surface area contributed by atoms with Crippen LogP contribution in [0.3, 0.4) is 0 Å². The molecule has 2 rings (SSSR count). The van der Waals surface area contributed by atoms with E-state index in [1.165, 1.54) is 6.07 Å². The van der Waals surface area contributed by atoms with Crippen molar-refractivity contribution >= 4 is 34.9 Å². The molecule has 2 aromatic carbocycles. The van der Waals surface area contributed by atoms with Gasteiger partial charge >= 0.3 is 0 Å². The molecular formula is C21H23ClN2O4. The van der Waals surface area contributed by atoms with Crippen molar-refractivity contribution in [1.82, 2.24) is 5.32 Å². The van der Waals surface area contributed by atoms with Crippen molar-refractivity contribution in [2.45, 2.75) is 26.7 Å². The Labute approximate surface area is 169 Å². The molecule has 0 aromatic heterocycles. The van der Waals surface area contributed by atoms with Crippen LogP contribution in [0.15, 0.2) is 42.5 Å². The number of carbonyl (C=O) groups is 3. The smallest absolute Gasteiger partial charge is 0.258 e. The summed E-state index contributed by atoms with van der Waals surface area (Å²) in [4.78, 5) is 36.0. The van der Waals surface area contributed by atoms with Crippen molar-refractivity contribution in [3.05, 3.63) is 58.6 Å². The number of ketones is 1. The Balaban J connectivity index is 1.86. The quantitative estimate of drug-likeness (QED) is 0.627. The Morgan fingerprint density at radius 1 is 1.04 bits per heavy atom. The van der Waals surface area contributed by atoms with E-state index < -0.39 is 5.91 Å². The van der Waals surface area contributed by atoms with E-state index >= 15 is 0 Å². The van der Waals surface area contributed by atoms with Gasteiger partial charge in [-0.1, -0.05) is 43.6 Å². The van der Waals surface area contributed by atoms with Crippen molar-refractivity contribution in [2.75, 3.05) is 18.5 Å². The minimum absolute atomic E-state index is 0.133. The van der Waals surface area contributed by atoms with Crippen molar-refractivity contribution < 1.29 is 19.1 Å². The molecule has 2 amide bonds. The highest BCUT2D eigenvalue weighted by atomic mass is 35.5. The number of rotatable bonds is 9. The fourth-order valence-electron chi connectivity index (χ4n) is 2.55. The molecule has 0 aliphatic heterocycles. The van der Waals surface area contributed by atoms with Crippen LogP contribution < -0.4 is 15.4 Å². The topological polar surface area (TPSA) is 84.5 Å². The SMILES string of the molecule is CCC(=O)c1cc(Cl)ccc1OCC(=O)NCC(=O)Nc1ccccc1CC. The summed E-state index contributed by atoms with van der Waals surface area (Å²) in [6.07, 6.45) is 1.08. The number of amides is 2. The summed E-state index contributed by atoms with van der Waals surface area (Å²) >= 11 is 5.92. The average Bonchev–Trinajstić information content (AvgIpc) is 2.71. The first kappa shape index (κ1) is 21.4. The number of benzene rings is 2. The van der Waals surface area contributed by atoms with Crippen LogP contribution >= 0.6 is 11.6 Å². The molecule has 2 aromatic rings. The average molecular weight is 403 g/mol. The van der Waals surface area contributed by atoms with E-state index in [1.807, 2.05) is 31.2 Å². The number of Topliss-reactive ketones (excluding diaryl/α,β-unsaturated/α-hetero) is 1. The Kier molecular flexibility index (Phi) is 8.02. The zero-order valence-corrected chi connectivity index (χ0v) is 16.6. The molecular weight excluding hydrogens is 380 g/mol. The zero-order chi connectivity index (χ0) is 20.5. The Bertz CT molecular complexity index is 867. The lowest BCUT2D eigenvalue weighted by Crippen LogP contribution is -2.36. The van der Waals surface area contributed by atoms with Gasteiger partial charge in [-0.05, 0) is 36.2 Å². The van der Waals surface area contributed by atoms with Gasteiger partial charge in [0.2, 0.25) is 5.91 Å². The highest BCUT2D eigenvalue weighted by molar-refractivity contribution is 6.31. The van der Waals surface area contributed by atoms with Crippen molar-refractivity contribution in [3.8, 4) is 5.75 Å². The van der Waals surface area contributed by atoms with Gasteiger partial charge in [0.25, 0.3) is 5.91 Å². The maximum Gasteiger partial charge on any atom is 0.258 e. The molecule has 0 bridgehead atoms.